The Morgan fingerprint density at radius 1 is 1.12 bits per heavy atom. The van der Waals surface area contributed by atoms with Gasteiger partial charge in [0.25, 0.3) is 0 Å². The average Bonchev–Trinajstić information content (AvgIpc) is 3.02. The molecule has 0 amide bonds. The third-order valence-corrected chi connectivity index (χ3v) is 4.49. The van der Waals surface area contributed by atoms with Crippen LogP contribution in [0.4, 0.5) is 0 Å². The monoisotopic (exact) mass is 338 g/mol. The lowest BCUT2D eigenvalue weighted by Gasteiger charge is -2.16. The van der Waals surface area contributed by atoms with E-state index >= 15 is 0 Å². The number of aromatic amines is 1. The average molecular weight is 338 g/mol. The molecule has 2 aromatic carbocycles. The first-order chi connectivity index (χ1) is 12.0. The molecule has 1 aromatic heterocycles. The first kappa shape index (κ1) is 17.0. The Balaban J connectivity index is 1.99. The molecule has 0 aliphatic heterocycles. The maximum absolute atomic E-state index is 11.9. The number of nitrogens with one attached hydrogen (secondary N) is 1. The molecular weight excluding hydrogens is 316 g/mol. The zero-order chi connectivity index (χ0) is 18.0. The molecule has 6 nitrogen and oxygen atoms in total. The third-order valence-electron chi connectivity index (χ3n) is 4.49. The van der Waals surface area contributed by atoms with Crippen molar-refractivity contribution in [1.82, 2.24) is 20.2 Å². The van der Waals surface area contributed by atoms with Crippen LogP contribution in [0, 0.1) is 20.8 Å². The summed E-state index contributed by atoms with van der Waals surface area (Å²) in [6, 6.07) is 10.00. The van der Waals surface area contributed by atoms with E-state index in [4.69, 9.17) is 4.74 Å². The zero-order valence-electron chi connectivity index (χ0n) is 15.0. The lowest BCUT2D eigenvalue weighted by molar-refractivity contribution is 0.302. The number of nitrogens with zero attached hydrogens (tertiary/aromatic N) is 3. The fraction of sp³-hybridized carbons (Fsp3) is 0.316. The molecule has 0 bridgehead atoms. The van der Waals surface area contributed by atoms with E-state index in [-0.39, 0.29) is 5.69 Å². The number of rotatable bonds is 5. The molecule has 0 spiro atoms. The maximum atomic E-state index is 11.9. The molecule has 130 valence electrons. The van der Waals surface area contributed by atoms with Crippen LogP contribution in [0.3, 0.4) is 0 Å². The van der Waals surface area contributed by atoms with Crippen LogP contribution >= 0.6 is 0 Å². The fourth-order valence-corrected chi connectivity index (χ4v) is 2.91. The second kappa shape index (κ2) is 6.93. The fourth-order valence-electron chi connectivity index (χ4n) is 2.91. The van der Waals surface area contributed by atoms with Crippen molar-refractivity contribution >= 4 is 0 Å². The standard InChI is InChI=1S/C19H22N4O2/c1-5-15-7-6-8-17(23-19(24)20-21-22-23)16(15)11-25-18-10-13(3)12(2)9-14(18)4/h6-10H,5,11H2,1-4H3,(H,20,22,24). The van der Waals surface area contributed by atoms with Crippen molar-refractivity contribution < 1.29 is 4.74 Å². The van der Waals surface area contributed by atoms with E-state index in [2.05, 4.69) is 48.4 Å². The van der Waals surface area contributed by atoms with Crippen LogP contribution in [0.15, 0.2) is 35.1 Å². The van der Waals surface area contributed by atoms with Crippen LogP contribution in [0.25, 0.3) is 5.69 Å². The summed E-state index contributed by atoms with van der Waals surface area (Å²) in [5.41, 5.74) is 5.92. The number of benzene rings is 2. The molecule has 0 aliphatic carbocycles. The molecule has 0 atom stereocenters. The summed E-state index contributed by atoms with van der Waals surface area (Å²) in [6.45, 7) is 8.64. The van der Waals surface area contributed by atoms with Gasteiger partial charge in [-0.25, -0.2) is 9.89 Å². The Morgan fingerprint density at radius 3 is 2.56 bits per heavy atom. The van der Waals surface area contributed by atoms with Crippen molar-refractivity contribution in [3.8, 4) is 11.4 Å². The zero-order valence-corrected chi connectivity index (χ0v) is 15.0. The van der Waals surface area contributed by atoms with Gasteiger partial charge in [-0.2, -0.15) is 4.68 Å². The van der Waals surface area contributed by atoms with Gasteiger partial charge in [0.1, 0.15) is 12.4 Å². The van der Waals surface area contributed by atoms with E-state index < -0.39 is 0 Å². The second-order valence-corrected chi connectivity index (χ2v) is 6.18. The number of hydrogen-bond acceptors (Lipinski definition) is 4. The number of aromatic nitrogens is 4. The molecule has 6 heteroatoms. The second-order valence-electron chi connectivity index (χ2n) is 6.18. The third kappa shape index (κ3) is 3.33. The minimum absolute atomic E-state index is 0.363. The van der Waals surface area contributed by atoms with Crippen molar-refractivity contribution in [1.29, 1.82) is 0 Å². The number of hydrogen-bond donors (Lipinski definition) is 1. The van der Waals surface area contributed by atoms with Gasteiger partial charge in [-0.05, 0) is 72.0 Å². The summed E-state index contributed by atoms with van der Waals surface area (Å²) in [7, 11) is 0. The molecule has 0 unspecified atom stereocenters. The van der Waals surface area contributed by atoms with Crippen LogP contribution in [-0.2, 0) is 13.0 Å². The summed E-state index contributed by atoms with van der Waals surface area (Å²) in [5, 5.41) is 9.78. The van der Waals surface area contributed by atoms with Crippen molar-refractivity contribution in [2.75, 3.05) is 0 Å². The molecule has 0 radical (unpaired) electrons. The minimum Gasteiger partial charge on any atom is -0.489 e. The Kier molecular flexibility index (Phi) is 4.70. The largest absolute Gasteiger partial charge is 0.489 e. The molecule has 0 aliphatic rings. The molecule has 1 heterocycles. The van der Waals surface area contributed by atoms with E-state index in [1.165, 1.54) is 15.8 Å². The first-order valence-electron chi connectivity index (χ1n) is 8.33. The molecule has 0 saturated carbocycles. The van der Waals surface area contributed by atoms with Crippen LogP contribution in [0.5, 0.6) is 5.75 Å². The molecule has 3 aromatic rings. The highest BCUT2D eigenvalue weighted by atomic mass is 16.5. The molecule has 1 N–H and O–H groups in total. The summed E-state index contributed by atoms with van der Waals surface area (Å²) in [5.74, 6) is 0.854. The highest BCUT2D eigenvalue weighted by Crippen LogP contribution is 2.25. The van der Waals surface area contributed by atoms with Gasteiger partial charge in [-0.3, -0.25) is 0 Å². The first-order valence-corrected chi connectivity index (χ1v) is 8.33. The van der Waals surface area contributed by atoms with Crippen LogP contribution in [0.2, 0.25) is 0 Å². The SMILES string of the molecule is CCc1cccc(-n2nn[nH]c2=O)c1COc1cc(C)c(C)cc1C. The number of ether oxygens (including phenoxy) is 1. The molecular formula is C19H22N4O2. The van der Waals surface area contributed by atoms with Crippen LogP contribution in [0.1, 0.15) is 34.7 Å². The van der Waals surface area contributed by atoms with Gasteiger partial charge in [0, 0.05) is 5.56 Å². The van der Waals surface area contributed by atoms with Crippen molar-refractivity contribution in [2.24, 2.45) is 0 Å². The smallest absolute Gasteiger partial charge is 0.365 e. The Hall–Kier alpha value is -2.89. The van der Waals surface area contributed by atoms with E-state index in [0.717, 1.165) is 28.9 Å². The maximum Gasteiger partial charge on any atom is 0.365 e. The van der Waals surface area contributed by atoms with Crippen molar-refractivity contribution in [3.05, 3.63) is 68.6 Å². The number of H-pyrrole nitrogens is 1. The van der Waals surface area contributed by atoms with Gasteiger partial charge in [0.05, 0.1) is 5.69 Å². The lowest BCUT2D eigenvalue weighted by Crippen LogP contribution is -2.19. The van der Waals surface area contributed by atoms with Gasteiger partial charge in [-0.15, -0.1) is 0 Å². The van der Waals surface area contributed by atoms with Crippen molar-refractivity contribution in [2.45, 2.75) is 40.7 Å². The topological polar surface area (TPSA) is 72.8 Å². The van der Waals surface area contributed by atoms with Gasteiger partial charge >= 0.3 is 5.69 Å². The number of aryl methyl sites for hydroxylation is 4. The highest BCUT2D eigenvalue weighted by Gasteiger charge is 2.14. The van der Waals surface area contributed by atoms with E-state index in [1.807, 2.05) is 25.1 Å². The lowest BCUT2D eigenvalue weighted by atomic mass is 10.0. The Labute approximate surface area is 146 Å². The summed E-state index contributed by atoms with van der Waals surface area (Å²) >= 11 is 0. The molecule has 25 heavy (non-hydrogen) atoms. The molecule has 0 saturated heterocycles. The Morgan fingerprint density at radius 2 is 1.88 bits per heavy atom. The van der Waals surface area contributed by atoms with E-state index in [1.54, 1.807) is 0 Å². The van der Waals surface area contributed by atoms with E-state index in [0.29, 0.717) is 12.3 Å². The quantitative estimate of drug-likeness (QED) is 0.776. The predicted octanol–water partition coefficient (Wildman–Crippen LogP) is 3.02. The van der Waals surface area contributed by atoms with Crippen LogP contribution < -0.4 is 10.4 Å². The van der Waals surface area contributed by atoms with Crippen LogP contribution in [-0.4, -0.2) is 20.2 Å². The van der Waals surface area contributed by atoms with Gasteiger partial charge < -0.3 is 4.74 Å². The van der Waals surface area contributed by atoms with Gasteiger partial charge in [0.2, 0.25) is 0 Å². The predicted molar refractivity (Wildman–Crippen MR) is 96.3 cm³/mol. The normalized spacial score (nSPS) is 10.9. The van der Waals surface area contributed by atoms with Gasteiger partial charge in [-0.1, -0.05) is 25.1 Å². The molecule has 0 fully saturated rings. The summed E-state index contributed by atoms with van der Waals surface area (Å²) < 4.78 is 7.37. The summed E-state index contributed by atoms with van der Waals surface area (Å²) in [4.78, 5) is 11.9. The Bertz CT molecular complexity index is 956. The summed E-state index contributed by atoms with van der Waals surface area (Å²) in [6.07, 6.45) is 0.838. The highest BCUT2D eigenvalue weighted by molar-refractivity contribution is 5.46. The molecule has 3 rings (SSSR count). The van der Waals surface area contributed by atoms with Gasteiger partial charge in [0.15, 0.2) is 0 Å². The van der Waals surface area contributed by atoms with Crippen molar-refractivity contribution in [3.63, 3.8) is 0 Å². The number of tetrazole rings is 1. The van der Waals surface area contributed by atoms with E-state index in [9.17, 15) is 4.79 Å². The minimum atomic E-state index is -0.364.